The van der Waals surface area contributed by atoms with Crippen molar-refractivity contribution >= 4 is 23.3 Å². The molecule has 1 N–H and O–H groups in total. The molecule has 4 nitrogen and oxygen atoms in total. The van der Waals surface area contributed by atoms with Gasteiger partial charge in [-0.15, -0.1) is 11.3 Å². The van der Waals surface area contributed by atoms with Crippen molar-refractivity contribution in [1.29, 1.82) is 0 Å². The number of amides is 1. The number of ether oxygens (including phenoxy) is 2. The molecule has 0 aliphatic rings. The summed E-state index contributed by atoms with van der Waals surface area (Å²) in [5.41, 5.74) is 0.800. The number of methoxy groups -OCH3 is 2. The number of carbonyl (C=O) groups is 1. The molecular weight excluding hydrogens is 334 g/mol. The number of benzene rings is 1. The minimum Gasteiger partial charge on any atom is -0.497 e. The van der Waals surface area contributed by atoms with Gasteiger partial charge in [-0.1, -0.05) is 19.9 Å². The molecule has 2 rings (SSSR count). The van der Waals surface area contributed by atoms with E-state index in [1.54, 1.807) is 31.6 Å². The lowest BCUT2D eigenvalue weighted by Crippen LogP contribution is -2.27. The highest BCUT2D eigenvalue weighted by Crippen LogP contribution is 2.26. The molecule has 0 saturated heterocycles. The lowest BCUT2D eigenvalue weighted by molar-refractivity contribution is -0.117. The Morgan fingerprint density at radius 1 is 1.24 bits per heavy atom. The molecule has 1 amide bonds. The monoisotopic (exact) mass is 359 g/mol. The van der Waals surface area contributed by atoms with E-state index in [-0.39, 0.29) is 11.9 Å². The van der Waals surface area contributed by atoms with Crippen LogP contribution in [0.25, 0.3) is 6.08 Å². The van der Waals surface area contributed by atoms with Crippen LogP contribution in [0.15, 0.2) is 41.8 Å². The summed E-state index contributed by atoms with van der Waals surface area (Å²) >= 11 is 1.67. The van der Waals surface area contributed by atoms with Crippen molar-refractivity contribution in [3.63, 3.8) is 0 Å². The molecule has 0 bridgehead atoms. The van der Waals surface area contributed by atoms with Crippen molar-refractivity contribution in [2.75, 3.05) is 14.2 Å². The van der Waals surface area contributed by atoms with Crippen LogP contribution in [0.4, 0.5) is 0 Å². The van der Waals surface area contributed by atoms with Gasteiger partial charge >= 0.3 is 0 Å². The average molecular weight is 359 g/mol. The topological polar surface area (TPSA) is 47.6 Å². The maximum absolute atomic E-state index is 12.4. The van der Waals surface area contributed by atoms with Crippen LogP contribution >= 0.6 is 11.3 Å². The molecule has 5 heteroatoms. The third-order valence-corrected chi connectivity index (χ3v) is 4.75. The van der Waals surface area contributed by atoms with Crippen LogP contribution in [-0.4, -0.2) is 20.1 Å². The highest BCUT2D eigenvalue weighted by atomic mass is 32.1. The van der Waals surface area contributed by atoms with Gasteiger partial charge in [0.2, 0.25) is 5.91 Å². The molecule has 1 heterocycles. The highest BCUT2D eigenvalue weighted by Gasteiger charge is 2.16. The molecule has 0 saturated carbocycles. The lowest BCUT2D eigenvalue weighted by Gasteiger charge is -2.18. The van der Waals surface area contributed by atoms with Gasteiger partial charge in [-0.3, -0.25) is 4.79 Å². The van der Waals surface area contributed by atoms with Crippen molar-refractivity contribution in [2.45, 2.75) is 26.3 Å². The van der Waals surface area contributed by atoms with Crippen LogP contribution in [0, 0.1) is 5.92 Å². The SMILES string of the molecule is COc1ccc(OC)c(C=CC(=O)NC(CC(C)C)c2cccs2)c1. The van der Waals surface area contributed by atoms with E-state index in [0.717, 1.165) is 17.7 Å². The quantitative estimate of drug-likeness (QED) is 0.696. The Morgan fingerprint density at radius 2 is 2.04 bits per heavy atom. The largest absolute Gasteiger partial charge is 0.497 e. The van der Waals surface area contributed by atoms with E-state index in [9.17, 15) is 4.79 Å². The zero-order valence-corrected chi connectivity index (χ0v) is 15.9. The first-order valence-electron chi connectivity index (χ1n) is 8.27. The molecule has 2 aromatic rings. The van der Waals surface area contributed by atoms with E-state index < -0.39 is 0 Å². The average Bonchev–Trinajstić information content (AvgIpc) is 3.13. The van der Waals surface area contributed by atoms with E-state index in [1.165, 1.54) is 11.0 Å². The second-order valence-electron chi connectivity index (χ2n) is 6.15. The van der Waals surface area contributed by atoms with Gasteiger partial charge in [0.1, 0.15) is 11.5 Å². The number of thiophene rings is 1. The first-order chi connectivity index (χ1) is 12.0. The van der Waals surface area contributed by atoms with E-state index >= 15 is 0 Å². The zero-order valence-electron chi connectivity index (χ0n) is 15.1. The maximum Gasteiger partial charge on any atom is 0.244 e. The fourth-order valence-electron chi connectivity index (χ4n) is 2.56. The highest BCUT2D eigenvalue weighted by molar-refractivity contribution is 7.10. The molecule has 0 aliphatic carbocycles. The van der Waals surface area contributed by atoms with Crippen molar-refractivity contribution < 1.29 is 14.3 Å². The Bertz CT molecular complexity index is 708. The van der Waals surface area contributed by atoms with Crippen LogP contribution < -0.4 is 14.8 Å². The Balaban J connectivity index is 2.11. The predicted molar refractivity (Wildman–Crippen MR) is 103 cm³/mol. The Kier molecular flexibility index (Phi) is 7.07. The smallest absolute Gasteiger partial charge is 0.244 e. The number of hydrogen-bond donors (Lipinski definition) is 1. The summed E-state index contributed by atoms with van der Waals surface area (Å²) in [5.74, 6) is 1.79. The number of hydrogen-bond acceptors (Lipinski definition) is 4. The molecule has 134 valence electrons. The van der Waals surface area contributed by atoms with Crippen LogP contribution in [0.3, 0.4) is 0 Å². The summed E-state index contributed by atoms with van der Waals surface area (Å²) in [5, 5.41) is 5.13. The summed E-state index contributed by atoms with van der Waals surface area (Å²) in [6.07, 6.45) is 4.19. The molecule has 1 aromatic carbocycles. The second kappa shape index (κ2) is 9.28. The zero-order chi connectivity index (χ0) is 18.2. The summed E-state index contributed by atoms with van der Waals surface area (Å²) in [6, 6.07) is 9.59. The van der Waals surface area contributed by atoms with Gasteiger partial charge in [0.05, 0.1) is 20.3 Å². The van der Waals surface area contributed by atoms with Gasteiger partial charge in [0.15, 0.2) is 0 Å². The summed E-state index contributed by atoms with van der Waals surface area (Å²) in [7, 11) is 3.22. The number of carbonyl (C=O) groups excluding carboxylic acids is 1. The lowest BCUT2D eigenvalue weighted by atomic mass is 10.0. The van der Waals surface area contributed by atoms with Gasteiger partial charge in [-0.25, -0.2) is 0 Å². The normalized spacial score (nSPS) is 12.4. The Morgan fingerprint density at radius 3 is 2.64 bits per heavy atom. The van der Waals surface area contributed by atoms with Crippen molar-refractivity contribution in [1.82, 2.24) is 5.32 Å². The van der Waals surface area contributed by atoms with Crippen LogP contribution in [0.1, 0.15) is 36.8 Å². The molecule has 0 fully saturated rings. The Hall–Kier alpha value is -2.27. The molecular formula is C20H25NO3S. The first kappa shape index (κ1) is 19.1. The Labute approximate surface area is 153 Å². The third kappa shape index (κ3) is 5.64. The van der Waals surface area contributed by atoms with E-state index in [2.05, 4.69) is 25.2 Å². The summed E-state index contributed by atoms with van der Waals surface area (Å²) in [6.45, 7) is 4.31. The first-order valence-corrected chi connectivity index (χ1v) is 9.15. The second-order valence-corrected chi connectivity index (χ2v) is 7.13. The van der Waals surface area contributed by atoms with Gasteiger partial charge < -0.3 is 14.8 Å². The fourth-order valence-corrected chi connectivity index (χ4v) is 3.35. The molecule has 1 unspecified atom stereocenters. The maximum atomic E-state index is 12.4. The number of nitrogens with one attached hydrogen (secondary N) is 1. The predicted octanol–water partition coefficient (Wildman–Crippen LogP) is 4.68. The van der Waals surface area contributed by atoms with Gasteiger partial charge in [0, 0.05) is 16.5 Å². The minimum absolute atomic E-state index is 0.0318. The van der Waals surface area contributed by atoms with Crippen molar-refractivity contribution in [3.8, 4) is 11.5 Å². The molecule has 0 spiro atoms. The molecule has 25 heavy (non-hydrogen) atoms. The van der Waals surface area contributed by atoms with E-state index in [0.29, 0.717) is 11.7 Å². The molecule has 1 atom stereocenters. The van der Waals surface area contributed by atoms with Crippen LogP contribution in [-0.2, 0) is 4.79 Å². The van der Waals surface area contributed by atoms with Crippen molar-refractivity contribution in [3.05, 3.63) is 52.2 Å². The molecule has 0 radical (unpaired) electrons. The third-order valence-electron chi connectivity index (χ3n) is 3.76. The summed E-state index contributed by atoms with van der Waals surface area (Å²) in [4.78, 5) is 13.6. The number of rotatable bonds is 8. The van der Waals surface area contributed by atoms with Crippen LogP contribution in [0.5, 0.6) is 11.5 Å². The summed E-state index contributed by atoms with van der Waals surface area (Å²) < 4.78 is 10.6. The van der Waals surface area contributed by atoms with Gasteiger partial charge in [0.25, 0.3) is 0 Å². The van der Waals surface area contributed by atoms with Crippen molar-refractivity contribution in [2.24, 2.45) is 5.92 Å². The van der Waals surface area contributed by atoms with Gasteiger partial charge in [-0.05, 0) is 48.1 Å². The minimum atomic E-state index is -0.121. The van der Waals surface area contributed by atoms with E-state index in [4.69, 9.17) is 9.47 Å². The van der Waals surface area contributed by atoms with Crippen LogP contribution in [0.2, 0.25) is 0 Å². The molecule has 0 aliphatic heterocycles. The molecule has 1 aromatic heterocycles. The fraction of sp³-hybridized carbons (Fsp3) is 0.350. The van der Waals surface area contributed by atoms with E-state index in [1.807, 2.05) is 29.6 Å². The van der Waals surface area contributed by atoms with Gasteiger partial charge in [-0.2, -0.15) is 0 Å². The standard InChI is InChI=1S/C20H25NO3S/c1-14(2)12-17(19-6-5-11-25-19)21-20(22)10-7-15-13-16(23-3)8-9-18(15)24-4/h5-11,13-14,17H,12H2,1-4H3,(H,21,22).